The van der Waals surface area contributed by atoms with E-state index >= 15 is 0 Å². The lowest BCUT2D eigenvalue weighted by Gasteiger charge is -2.17. The fourth-order valence-corrected chi connectivity index (χ4v) is 7.19. The van der Waals surface area contributed by atoms with E-state index in [1.54, 1.807) is 6.21 Å². The average Bonchev–Trinajstić information content (AvgIpc) is 3.84. The van der Waals surface area contributed by atoms with E-state index in [0.717, 1.165) is 86.4 Å². The molecule has 2 aromatic heterocycles. The van der Waals surface area contributed by atoms with E-state index in [0.29, 0.717) is 12.3 Å². The molecule has 0 amide bonds. The normalized spacial score (nSPS) is 18.1. The zero-order valence-corrected chi connectivity index (χ0v) is 30.3. The van der Waals surface area contributed by atoms with Crippen LogP contribution in [0.3, 0.4) is 0 Å². The number of rotatable bonds is 10. The van der Waals surface area contributed by atoms with Crippen LogP contribution in [0.15, 0.2) is 179 Å². The molecule has 2 heterocycles. The van der Waals surface area contributed by atoms with Crippen LogP contribution >= 0.6 is 0 Å². The number of nitrogens with one attached hydrogen (secondary N) is 1. The third kappa shape index (κ3) is 7.29. The van der Waals surface area contributed by atoms with Crippen molar-refractivity contribution in [3.8, 4) is 22.4 Å². The average molecular weight is 704 g/mol. The molecular formula is C48H41N5O. The summed E-state index contributed by atoms with van der Waals surface area (Å²) in [5.41, 5.74) is 12.3. The quantitative estimate of drug-likeness (QED) is 0.0861. The molecule has 6 nitrogen and oxygen atoms in total. The molecule has 5 aromatic rings. The molecule has 264 valence electrons. The van der Waals surface area contributed by atoms with Gasteiger partial charge in [0, 0.05) is 34.7 Å². The Labute approximate surface area is 316 Å². The van der Waals surface area contributed by atoms with Crippen molar-refractivity contribution in [1.29, 1.82) is 5.41 Å². The van der Waals surface area contributed by atoms with Crippen LogP contribution in [0, 0.1) is 5.41 Å². The van der Waals surface area contributed by atoms with Crippen molar-refractivity contribution in [3.63, 3.8) is 0 Å². The van der Waals surface area contributed by atoms with Gasteiger partial charge >= 0.3 is 0 Å². The maximum atomic E-state index is 11.3. The summed E-state index contributed by atoms with van der Waals surface area (Å²) >= 11 is 0. The van der Waals surface area contributed by atoms with Crippen LogP contribution in [0.2, 0.25) is 0 Å². The van der Waals surface area contributed by atoms with E-state index in [-0.39, 0.29) is 11.3 Å². The third-order valence-electron chi connectivity index (χ3n) is 10.2. The predicted molar refractivity (Wildman–Crippen MR) is 221 cm³/mol. The molecule has 3 aliphatic carbocycles. The molecule has 0 aliphatic heterocycles. The van der Waals surface area contributed by atoms with Crippen molar-refractivity contribution in [2.45, 2.75) is 44.1 Å². The number of allylic oxidation sites excluding steroid dienone is 6. The van der Waals surface area contributed by atoms with Gasteiger partial charge in [-0.1, -0.05) is 115 Å². The number of hydrogen-bond donors (Lipinski definition) is 2. The van der Waals surface area contributed by atoms with Crippen LogP contribution in [0.25, 0.3) is 28.0 Å². The molecule has 3 aliphatic rings. The molecule has 3 aromatic carbocycles. The van der Waals surface area contributed by atoms with Gasteiger partial charge in [-0.25, -0.2) is 9.98 Å². The van der Waals surface area contributed by atoms with Gasteiger partial charge in [0.25, 0.3) is 0 Å². The maximum absolute atomic E-state index is 11.3. The van der Waals surface area contributed by atoms with E-state index in [4.69, 9.17) is 20.4 Å². The molecule has 0 saturated heterocycles. The van der Waals surface area contributed by atoms with Crippen molar-refractivity contribution in [1.82, 2.24) is 9.97 Å². The zero-order valence-electron chi connectivity index (χ0n) is 30.3. The highest BCUT2D eigenvalue weighted by Gasteiger charge is 2.54. The molecule has 2 atom stereocenters. The fourth-order valence-electron chi connectivity index (χ4n) is 7.19. The monoisotopic (exact) mass is 703 g/mol. The number of hydrogen-bond acceptors (Lipinski definition) is 4. The topological polar surface area (TPSA) is 94.6 Å². The van der Waals surface area contributed by atoms with Crippen molar-refractivity contribution in [3.05, 3.63) is 197 Å². The van der Waals surface area contributed by atoms with Crippen LogP contribution in [0.5, 0.6) is 0 Å². The number of aliphatic hydroxyl groups excluding tert-OH is 1. The second-order valence-electron chi connectivity index (χ2n) is 14.2. The summed E-state index contributed by atoms with van der Waals surface area (Å²) in [6, 6.07) is 36.5. The molecule has 0 radical (unpaired) electrons. The Hall–Kier alpha value is -6.37. The van der Waals surface area contributed by atoms with E-state index in [1.165, 1.54) is 5.57 Å². The van der Waals surface area contributed by atoms with Gasteiger partial charge in [-0.2, -0.15) is 0 Å². The highest BCUT2D eigenvalue weighted by atomic mass is 16.3. The Balaban J connectivity index is 1.12. The number of amidine groups is 2. The molecule has 2 N–H and O–H groups in total. The van der Waals surface area contributed by atoms with Crippen LogP contribution in [-0.4, -0.2) is 33.0 Å². The summed E-state index contributed by atoms with van der Waals surface area (Å²) in [7, 11) is 0. The number of aliphatic hydroxyl groups is 1. The summed E-state index contributed by atoms with van der Waals surface area (Å²) < 4.78 is 0. The Morgan fingerprint density at radius 2 is 1.70 bits per heavy atom. The summed E-state index contributed by atoms with van der Waals surface area (Å²) in [5, 5.41) is 20.0. The Bertz CT molecular complexity index is 2430. The Kier molecular flexibility index (Phi) is 9.60. The summed E-state index contributed by atoms with van der Waals surface area (Å²) in [4.78, 5) is 19.4. The van der Waals surface area contributed by atoms with E-state index < -0.39 is 6.10 Å². The lowest BCUT2D eigenvalue weighted by molar-refractivity contribution is 0.178. The smallest absolute Gasteiger partial charge is 0.161 e. The van der Waals surface area contributed by atoms with Crippen LogP contribution in [0.1, 0.15) is 66.8 Å². The number of nitrogens with zero attached hydrogens (tertiary/aromatic N) is 4. The zero-order chi connectivity index (χ0) is 37.1. The molecular weight excluding hydrogens is 663 g/mol. The number of aromatic nitrogens is 2. The molecule has 6 heteroatoms. The van der Waals surface area contributed by atoms with Crippen LogP contribution in [0.4, 0.5) is 0 Å². The van der Waals surface area contributed by atoms with Gasteiger partial charge in [-0.15, -0.1) is 6.58 Å². The van der Waals surface area contributed by atoms with E-state index in [1.807, 2.05) is 85.9 Å². The Morgan fingerprint density at radius 3 is 2.44 bits per heavy atom. The lowest BCUT2D eigenvalue weighted by Crippen LogP contribution is -2.09. The lowest BCUT2D eigenvalue weighted by atomic mass is 9.94. The van der Waals surface area contributed by atoms with Crippen molar-refractivity contribution < 1.29 is 5.11 Å². The Morgan fingerprint density at radius 1 is 0.889 bits per heavy atom. The molecule has 0 spiro atoms. The van der Waals surface area contributed by atoms with E-state index in [2.05, 4.69) is 78.3 Å². The largest absolute Gasteiger partial charge is 0.388 e. The summed E-state index contributed by atoms with van der Waals surface area (Å²) in [5.74, 6) is 0.668. The third-order valence-corrected chi connectivity index (χ3v) is 10.2. The second-order valence-corrected chi connectivity index (χ2v) is 14.2. The first-order chi connectivity index (χ1) is 26.4. The highest BCUT2D eigenvalue weighted by molar-refractivity contribution is 6.14. The first-order valence-electron chi connectivity index (χ1n) is 18.4. The number of aliphatic imine (C=N–C) groups is 2. The van der Waals surface area contributed by atoms with Gasteiger partial charge in [-0.05, 0) is 90.8 Å². The van der Waals surface area contributed by atoms with Crippen LogP contribution < -0.4 is 0 Å². The SMILES string of the molecule is C=C(C)CC(O)c1cc(-c2ccc(-c3cccc(C(=N/C(=N)C4=CCCC=C4)/N=C/c4ccccc4)c3)cc2)nc(C23C=CC(c4ccccn4)=C2C3)c1. The molecule has 1 fully saturated rings. The number of benzene rings is 3. The second kappa shape index (κ2) is 14.9. The van der Waals surface area contributed by atoms with Gasteiger partial charge in [0.2, 0.25) is 0 Å². The molecule has 54 heavy (non-hydrogen) atoms. The summed E-state index contributed by atoms with van der Waals surface area (Å²) in [6.45, 7) is 5.99. The maximum Gasteiger partial charge on any atom is 0.161 e. The molecule has 8 rings (SSSR count). The highest BCUT2D eigenvalue weighted by Crippen LogP contribution is 2.61. The molecule has 1 saturated carbocycles. The minimum atomic E-state index is -0.680. The van der Waals surface area contributed by atoms with Gasteiger partial charge in [-0.3, -0.25) is 15.4 Å². The van der Waals surface area contributed by atoms with Crippen LogP contribution in [-0.2, 0) is 5.41 Å². The standard InChI is InChI=1S/C48H41N5O/c1-32(2)26-44(54)39-28-43(52-45(29-39)48-24-23-40(41(48)30-48)42-18-9-10-25-50-42)35-21-19-34(20-22-35)37-16-11-17-38(27-37)47(51-31-33-12-5-3-6-13-33)53-46(49)36-14-7-4-8-15-36/h3,5-7,9-25,27-29,31,44,49,54H,1,4,8,26,30H2,2H3/b49-46?,51-31+,53-47-. The number of pyridine rings is 2. The van der Waals surface area contributed by atoms with Crippen molar-refractivity contribution in [2.24, 2.45) is 9.98 Å². The molecule has 2 unspecified atom stereocenters. The minimum absolute atomic E-state index is 0.192. The first-order valence-corrected chi connectivity index (χ1v) is 18.4. The molecule has 0 bridgehead atoms. The first kappa shape index (κ1) is 34.7. The van der Waals surface area contributed by atoms with Gasteiger partial charge in [0.1, 0.15) is 0 Å². The van der Waals surface area contributed by atoms with Gasteiger partial charge in [0.15, 0.2) is 11.7 Å². The van der Waals surface area contributed by atoms with Crippen molar-refractivity contribution in [2.75, 3.05) is 0 Å². The van der Waals surface area contributed by atoms with E-state index in [9.17, 15) is 5.11 Å². The predicted octanol–water partition coefficient (Wildman–Crippen LogP) is 10.6. The fraction of sp³-hybridized carbons (Fsp3) is 0.146. The minimum Gasteiger partial charge on any atom is -0.388 e. The number of fused-ring (bicyclic) bond motifs is 1. The van der Waals surface area contributed by atoms with Gasteiger partial charge in [0.05, 0.1) is 28.6 Å². The summed E-state index contributed by atoms with van der Waals surface area (Å²) in [6.07, 6.45) is 16.7. The van der Waals surface area contributed by atoms with Gasteiger partial charge < -0.3 is 5.11 Å². The van der Waals surface area contributed by atoms with Crippen molar-refractivity contribution >= 4 is 23.5 Å².